The largest absolute Gasteiger partial charge is 0.342 e. The summed E-state index contributed by atoms with van der Waals surface area (Å²) in [7, 11) is 1.61. The summed E-state index contributed by atoms with van der Waals surface area (Å²) in [6.07, 6.45) is 5.06. The Kier molecular flexibility index (Phi) is 4.96. The van der Waals surface area contributed by atoms with Gasteiger partial charge in [0.25, 0.3) is 5.56 Å². The van der Waals surface area contributed by atoms with Crippen molar-refractivity contribution in [2.45, 2.75) is 25.8 Å². The van der Waals surface area contributed by atoms with Crippen LogP contribution in [0.25, 0.3) is 11.2 Å². The molecule has 1 aromatic carbocycles. The average Bonchev–Trinajstić information content (AvgIpc) is 3.11. The Hall–Kier alpha value is -3.36. The van der Waals surface area contributed by atoms with Gasteiger partial charge in [-0.1, -0.05) is 18.2 Å². The van der Waals surface area contributed by atoms with Crippen molar-refractivity contribution in [3.8, 4) is 0 Å². The first-order valence-electron chi connectivity index (χ1n) is 9.42. The second-order valence-electron chi connectivity index (χ2n) is 6.85. The van der Waals surface area contributed by atoms with Gasteiger partial charge in [-0.25, -0.2) is 4.79 Å². The summed E-state index contributed by atoms with van der Waals surface area (Å²) in [5.41, 5.74) is 3.72. The van der Waals surface area contributed by atoms with Crippen LogP contribution in [-0.4, -0.2) is 38.4 Å². The van der Waals surface area contributed by atoms with Crippen molar-refractivity contribution in [3.63, 3.8) is 0 Å². The van der Waals surface area contributed by atoms with E-state index in [0.29, 0.717) is 23.7 Å². The van der Waals surface area contributed by atoms with Gasteiger partial charge in [0.2, 0.25) is 5.95 Å². The lowest BCUT2D eigenvalue weighted by Gasteiger charge is -2.27. The van der Waals surface area contributed by atoms with Crippen LogP contribution in [0.1, 0.15) is 19.3 Å². The van der Waals surface area contributed by atoms with Crippen LogP contribution in [0.15, 0.2) is 45.0 Å². The number of hydrogen-bond acceptors (Lipinski definition) is 6. The highest BCUT2D eigenvalue weighted by atomic mass is 16.2. The van der Waals surface area contributed by atoms with Crippen molar-refractivity contribution in [1.29, 1.82) is 0 Å². The summed E-state index contributed by atoms with van der Waals surface area (Å²) in [5, 5.41) is 4.26. The predicted molar refractivity (Wildman–Crippen MR) is 110 cm³/mol. The maximum Gasteiger partial charge on any atom is 0.329 e. The zero-order valence-corrected chi connectivity index (χ0v) is 15.8. The number of piperidine rings is 1. The quantitative estimate of drug-likeness (QED) is 0.515. The van der Waals surface area contributed by atoms with E-state index in [0.717, 1.165) is 31.6 Å². The maximum atomic E-state index is 12.5. The summed E-state index contributed by atoms with van der Waals surface area (Å²) < 4.78 is 3.20. The monoisotopic (exact) mass is 381 g/mol. The Morgan fingerprint density at radius 3 is 2.68 bits per heavy atom. The third-order valence-corrected chi connectivity index (χ3v) is 4.95. The Morgan fingerprint density at radius 2 is 1.93 bits per heavy atom. The van der Waals surface area contributed by atoms with E-state index in [-0.39, 0.29) is 0 Å². The molecule has 0 saturated carbocycles. The molecule has 3 aromatic rings. The number of rotatable bonds is 5. The number of aromatic amines is 1. The highest BCUT2D eigenvalue weighted by Gasteiger charge is 2.22. The van der Waals surface area contributed by atoms with Gasteiger partial charge in [-0.2, -0.15) is 10.1 Å². The van der Waals surface area contributed by atoms with Gasteiger partial charge in [-0.15, -0.1) is 0 Å². The molecule has 1 saturated heterocycles. The van der Waals surface area contributed by atoms with Gasteiger partial charge in [-0.05, 0) is 31.4 Å². The molecule has 146 valence electrons. The van der Waals surface area contributed by atoms with Gasteiger partial charge in [0.05, 0.1) is 12.2 Å². The Morgan fingerprint density at radius 1 is 1.18 bits per heavy atom. The fourth-order valence-electron chi connectivity index (χ4n) is 3.49. The summed E-state index contributed by atoms with van der Waals surface area (Å²) in [6, 6.07) is 9.63. The smallest absolute Gasteiger partial charge is 0.329 e. The number of hydrogen-bond donors (Lipinski definition) is 2. The summed E-state index contributed by atoms with van der Waals surface area (Å²) in [5.74, 6) is 0.701. The molecular weight excluding hydrogens is 358 g/mol. The number of aromatic nitrogens is 4. The molecule has 2 aromatic heterocycles. The fourth-order valence-corrected chi connectivity index (χ4v) is 3.49. The predicted octanol–water partition coefficient (Wildman–Crippen LogP) is 1.51. The van der Waals surface area contributed by atoms with E-state index in [9.17, 15) is 9.59 Å². The van der Waals surface area contributed by atoms with Gasteiger partial charge in [0, 0.05) is 26.4 Å². The SMILES string of the molecule is Cn1c(=O)[nH]c(=O)c2c1nc(N1CCCCC1)n2C/C=N\Nc1ccccc1. The third-order valence-electron chi connectivity index (χ3n) is 4.95. The second kappa shape index (κ2) is 7.71. The topological polar surface area (TPSA) is 100 Å². The first-order chi connectivity index (χ1) is 13.6. The first kappa shape index (κ1) is 18.0. The van der Waals surface area contributed by atoms with Crippen LogP contribution >= 0.6 is 0 Å². The van der Waals surface area contributed by atoms with Crippen LogP contribution in [0.3, 0.4) is 0 Å². The van der Waals surface area contributed by atoms with E-state index in [1.807, 2.05) is 34.9 Å². The zero-order valence-electron chi connectivity index (χ0n) is 15.8. The molecule has 1 aliphatic rings. The maximum absolute atomic E-state index is 12.5. The van der Waals surface area contributed by atoms with Gasteiger partial charge >= 0.3 is 5.69 Å². The van der Waals surface area contributed by atoms with Crippen molar-refractivity contribution < 1.29 is 0 Å². The van der Waals surface area contributed by atoms with Crippen LogP contribution < -0.4 is 21.6 Å². The minimum absolute atomic E-state index is 0.365. The van der Waals surface area contributed by atoms with Crippen LogP contribution in [0.2, 0.25) is 0 Å². The Labute approximate surface area is 161 Å². The minimum Gasteiger partial charge on any atom is -0.342 e. The van der Waals surface area contributed by atoms with E-state index in [4.69, 9.17) is 0 Å². The molecular formula is C19H23N7O2. The van der Waals surface area contributed by atoms with Crippen LogP contribution in [0.4, 0.5) is 11.6 Å². The lowest BCUT2D eigenvalue weighted by molar-refractivity contribution is 0.562. The second-order valence-corrected chi connectivity index (χ2v) is 6.85. The standard InChI is InChI=1S/C19H23N7O2/c1-24-16-15(17(27)22-19(24)28)26(18(21-16)25-11-6-3-7-12-25)13-10-20-23-14-8-4-2-5-9-14/h2,4-5,8-10,23H,3,6-7,11-13H2,1H3,(H,22,27,28)/b20-10-. The van der Waals surface area contributed by atoms with Crippen LogP contribution in [0, 0.1) is 0 Å². The molecule has 1 fully saturated rings. The van der Waals surface area contributed by atoms with Crippen molar-refractivity contribution in [1.82, 2.24) is 19.1 Å². The molecule has 1 aliphatic heterocycles. The average molecular weight is 381 g/mol. The lowest BCUT2D eigenvalue weighted by Crippen LogP contribution is -2.32. The molecule has 0 amide bonds. The van der Waals surface area contributed by atoms with E-state index in [2.05, 4.69) is 25.4 Å². The van der Waals surface area contributed by atoms with Crippen LogP contribution in [-0.2, 0) is 13.6 Å². The van der Waals surface area contributed by atoms with E-state index in [1.165, 1.54) is 11.0 Å². The third kappa shape index (κ3) is 3.42. The number of benzene rings is 1. The van der Waals surface area contributed by atoms with E-state index < -0.39 is 11.2 Å². The van der Waals surface area contributed by atoms with Crippen molar-refractivity contribution in [3.05, 3.63) is 51.2 Å². The van der Waals surface area contributed by atoms with Crippen LogP contribution in [0.5, 0.6) is 0 Å². The van der Waals surface area contributed by atoms with Gasteiger partial charge < -0.3 is 4.90 Å². The molecule has 2 N–H and O–H groups in total. The number of fused-ring (bicyclic) bond motifs is 1. The fraction of sp³-hybridized carbons (Fsp3) is 0.368. The highest BCUT2D eigenvalue weighted by Crippen LogP contribution is 2.22. The van der Waals surface area contributed by atoms with Gasteiger partial charge in [0.15, 0.2) is 11.2 Å². The zero-order chi connectivity index (χ0) is 19.5. The van der Waals surface area contributed by atoms with Crippen molar-refractivity contribution >= 4 is 29.0 Å². The number of imidazole rings is 1. The molecule has 0 spiro atoms. The minimum atomic E-state index is -0.466. The molecule has 0 aliphatic carbocycles. The number of anilines is 2. The van der Waals surface area contributed by atoms with Crippen molar-refractivity contribution in [2.75, 3.05) is 23.4 Å². The number of aryl methyl sites for hydroxylation is 1. The molecule has 3 heterocycles. The normalized spacial score (nSPS) is 14.8. The van der Waals surface area contributed by atoms with E-state index >= 15 is 0 Å². The van der Waals surface area contributed by atoms with E-state index in [1.54, 1.807) is 13.3 Å². The number of hydrazone groups is 1. The molecule has 28 heavy (non-hydrogen) atoms. The summed E-state index contributed by atoms with van der Waals surface area (Å²) in [4.78, 5) is 33.7. The Bertz CT molecular complexity index is 1100. The summed E-state index contributed by atoms with van der Waals surface area (Å²) >= 11 is 0. The molecule has 0 atom stereocenters. The lowest BCUT2D eigenvalue weighted by atomic mass is 10.1. The molecule has 9 heteroatoms. The number of nitrogens with one attached hydrogen (secondary N) is 2. The van der Waals surface area contributed by atoms with Crippen molar-refractivity contribution in [2.24, 2.45) is 12.1 Å². The Balaban J connectivity index is 1.71. The number of para-hydroxylation sites is 1. The molecule has 4 rings (SSSR count). The van der Waals surface area contributed by atoms with Gasteiger partial charge in [-0.3, -0.25) is 24.3 Å². The molecule has 0 radical (unpaired) electrons. The number of H-pyrrole nitrogens is 1. The molecule has 9 nitrogen and oxygen atoms in total. The first-order valence-corrected chi connectivity index (χ1v) is 9.42. The number of nitrogens with zero attached hydrogens (tertiary/aromatic N) is 5. The molecule has 0 unspecified atom stereocenters. The molecule has 0 bridgehead atoms. The highest BCUT2D eigenvalue weighted by molar-refractivity contribution is 5.76. The summed E-state index contributed by atoms with van der Waals surface area (Å²) in [6.45, 7) is 2.13. The van der Waals surface area contributed by atoms with Gasteiger partial charge in [0.1, 0.15) is 0 Å².